The van der Waals surface area contributed by atoms with Crippen LogP contribution < -0.4 is 20.0 Å². The number of benzene rings is 2. The Hall–Kier alpha value is -4.19. The van der Waals surface area contributed by atoms with Gasteiger partial charge in [-0.15, -0.1) is 0 Å². The molecule has 0 saturated carbocycles. The lowest BCUT2D eigenvalue weighted by Gasteiger charge is -2.43. The first kappa shape index (κ1) is 30.5. The maximum atomic E-state index is 6.27. The second-order valence-corrected chi connectivity index (χ2v) is 12.5. The molecule has 0 bridgehead atoms. The van der Waals surface area contributed by atoms with E-state index in [1.54, 1.807) is 6.33 Å². The van der Waals surface area contributed by atoms with Gasteiger partial charge in [0.25, 0.3) is 0 Å². The molecule has 1 N–H and O–H groups in total. The van der Waals surface area contributed by atoms with Gasteiger partial charge in [0.2, 0.25) is 0 Å². The number of anilines is 4. The molecule has 0 radical (unpaired) electrons. The summed E-state index contributed by atoms with van der Waals surface area (Å²) in [5.74, 6) is 2.19. The Morgan fingerprint density at radius 2 is 1.74 bits per heavy atom. The van der Waals surface area contributed by atoms with Crippen molar-refractivity contribution in [2.45, 2.75) is 38.3 Å². The van der Waals surface area contributed by atoms with Crippen LogP contribution in [0.5, 0.6) is 5.75 Å². The molecule has 3 saturated heterocycles. The van der Waals surface area contributed by atoms with E-state index in [0.29, 0.717) is 30.9 Å². The predicted octanol–water partition coefficient (Wildman–Crippen LogP) is 5.12. The summed E-state index contributed by atoms with van der Waals surface area (Å²) >= 11 is 0. The quantitative estimate of drug-likeness (QED) is 0.271. The summed E-state index contributed by atoms with van der Waals surface area (Å²) in [5, 5.41) is 9.98. The third-order valence-electron chi connectivity index (χ3n) is 9.50. The lowest BCUT2D eigenvalue weighted by molar-refractivity contribution is 0.0982. The highest BCUT2D eigenvalue weighted by Crippen LogP contribution is 2.42. The fourth-order valence-corrected chi connectivity index (χ4v) is 7.00. The van der Waals surface area contributed by atoms with Crippen LogP contribution in [0.2, 0.25) is 0 Å². The molecule has 7 rings (SSSR count). The fourth-order valence-electron chi connectivity index (χ4n) is 7.00. The van der Waals surface area contributed by atoms with Crippen LogP contribution >= 0.6 is 0 Å². The molecule has 11 nitrogen and oxygen atoms in total. The normalized spacial score (nSPS) is 19.9. The highest BCUT2D eigenvalue weighted by atomic mass is 16.7. The van der Waals surface area contributed by atoms with Crippen molar-refractivity contribution in [2.24, 2.45) is 7.05 Å². The molecule has 46 heavy (non-hydrogen) atoms. The number of hydrogen-bond acceptors (Lipinski definition) is 10. The van der Waals surface area contributed by atoms with Crippen LogP contribution in [0.3, 0.4) is 0 Å². The summed E-state index contributed by atoms with van der Waals surface area (Å²) in [6, 6.07) is 17.5. The number of likely N-dealkylation sites (N-methyl/N-ethyl adjacent to an activating group) is 1. The zero-order valence-corrected chi connectivity index (χ0v) is 27.2. The van der Waals surface area contributed by atoms with Gasteiger partial charge in [0.05, 0.1) is 31.1 Å². The van der Waals surface area contributed by atoms with Crippen molar-refractivity contribution in [2.75, 3.05) is 74.8 Å². The molecule has 0 amide bonds. The first-order valence-corrected chi connectivity index (χ1v) is 16.6. The highest BCUT2D eigenvalue weighted by Gasteiger charge is 2.30. The number of hydroxylamine groups is 1. The number of piperazine rings is 1. The minimum absolute atomic E-state index is 0.0970. The number of aryl methyl sites for hydroxylation is 1. The lowest BCUT2D eigenvalue weighted by Crippen LogP contribution is -2.52. The molecule has 2 aromatic carbocycles. The SMILES string of the molecule is CCOc1cc(N2CCC(N3CCN(C)CC3)CC2)c(-c2cnn(C)c2)cc1Nc1cc(N2OCC[C@@H]2c2ccccc2)ncn1. The fraction of sp³-hybridized carbons (Fsp3) is 0.457. The van der Waals surface area contributed by atoms with E-state index in [0.717, 1.165) is 68.0 Å². The molecule has 242 valence electrons. The number of aromatic nitrogens is 4. The molecular weight excluding hydrogens is 578 g/mol. The van der Waals surface area contributed by atoms with Gasteiger partial charge in [0.15, 0.2) is 5.82 Å². The molecule has 0 unspecified atom stereocenters. The van der Waals surface area contributed by atoms with Gasteiger partial charge >= 0.3 is 0 Å². The number of hydrogen-bond donors (Lipinski definition) is 1. The average Bonchev–Trinajstić information content (AvgIpc) is 3.76. The highest BCUT2D eigenvalue weighted by molar-refractivity contribution is 5.85. The monoisotopic (exact) mass is 623 g/mol. The van der Waals surface area contributed by atoms with Crippen molar-refractivity contribution in [3.05, 3.63) is 72.8 Å². The molecule has 3 aliphatic rings. The number of ether oxygens (including phenoxy) is 1. The molecular formula is C35H45N9O2. The van der Waals surface area contributed by atoms with Gasteiger partial charge in [-0.05, 0) is 38.4 Å². The Kier molecular flexibility index (Phi) is 9.05. The van der Waals surface area contributed by atoms with Gasteiger partial charge in [-0.25, -0.2) is 15.0 Å². The second-order valence-electron chi connectivity index (χ2n) is 12.5. The van der Waals surface area contributed by atoms with E-state index in [1.807, 2.05) is 42.0 Å². The topological polar surface area (TPSA) is 87.1 Å². The van der Waals surface area contributed by atoms with Gasteiger partial charge in [-0.2, -0.15) is 5.10 Å². The van der Waals surface area contributed by atoms with E-state index < -0.39 is 0 Å². The second kappa shape index (κ2) is 13.7. The summed E-state index contributed by atoms with van der Waals surface area (Å²) in [5.41, 5.74) is 5.43. The largest absolute Gasteiger partial charge is 0.492 e. The molecule has 0 aliphatic carbocycles. The zero-order valence-electron chi connectivity index (χ0n) is 27.2. The van der Waals surface area contributed by atoms with Crippen LogP contribution in [0, 0.1) is 0 Å². The average molecular weight is 624 g/mol. The third kappa shape index (κ3) is 6.53. The van der Waals surface area contributed by atoms with Crippen molar-refractivity contribution in [3.8, 4) is 16.9 Å². The van der Waals surface area contributed by atoms with E-state index in [9.17, 15) is 0 Å². The minimum atomic E-state index is 0.0970. The molecule has 0 spiro atoms. The maximum absolute atomic E-state index is 6.27. The Labute approximate surface area is 271 Å². The molecule has 5 heterocycles. The van der Waals surface area contributed by atoms with E-state index >= 15 is 0 Å². The Bertz CT molecular complexity index is 1600. The van der Waals surface area contributed by atoms with Crippen LogP contribution in [0.25, 0.3) is 11.1 Å². The standard InChI is InChI=1S/C35H45N9O2/c1-4-45-33-21-32(43-13-10-28(11-14-43)42-17-15-40(2)16-18-42)29(27-23-38-41(3)24-27)20-30(33)39-34-22-35(37-25-36-34)44-31(12-19-46-44)26-8-6-5-7-9-26/h5-9,20-25,28,31H,4,10-19H2,1-3H3,(H,36,37,39)/t31-/m1/s1. The van der Waals surface area contributed by atoms with Crippen LogP contribution in [0.4, 0.5) is 23.0 Å². The molecule has 4 aromatic rings. The number of piperidine rings is 1. The summed E-state index contributed by atoms with van der Waals surface area (Å²) < 4.78 is 8.13. The van der Waals surface area contributed by atoms with Crippen molar-refractivity contribution in [1.82, 2.24) is 29.5 Å². The van der Waals surface area contributed by atoms with E-state index in [1.165, 1.54) is 24.3 Å². The van der Waals surface area contributed by atoms with Gasteiger partial charge in [0, 0.05) is 93.9 Å². The van der Waals surface area contributed by atoms with Crippen LogP contribution in [0.15, 0.2) is 67.3 Å². The minimum Gasteiger partial charge on any atom is -0.492 e. The summed E-state index contributed by atoms with van der Waals surface area (Å²) in [6.07, 6.45) is 8.82. The summed E-state index contributed by atoms with van der Waals surface area (Å²) in [4.78, 5) is 22.9. The van der Waals surface area contributed by atoms with E-state index in [-0.39, 0.29) is 6.04 Å². The van der Waals surface area contributed by atoms with Gasteiger partial charge in [-0.3, -0.25) is 14.4 Å². The van der Waals surface area contributed by atoms with Crippen molar-refractivity contribution in [1.29, 1.82) is 0 Å². The first-order chi connectivity index (χ1) is 22.6. The van der Waals surface area contributed by atoms with Crippen molar-refractivity contribution >= 4 is 23.0 Å². The number of nitrogens with one attached hydrogen (secondary N) is 1. The Balaban J connectivity index is 1.16. The maximum Gasteiger partial charge on any atom is 0.158 e. The number of nitrogens with zero attached hydrogens (tertiary/aromatic N) is 8. The van der Waals surface area contributed by atoms with Crippen LogP contribution in [-0.4, -0.2) is 95.1 Å². The molecule has 3 aliphatic heterocycles. The Morgan fingerprint density at radius 3 is 2.48 bits per heavy atom. The number of rotatable bonds is 9. The van der Waals surface area contributed by atoms with Gasteiger partial charge in [0.1, 0.15) is 17.9 Å². The molecule has 3 fully saturated rings. The smallest absolute Gasteiger partial charge is 0.158 e. The van der Waals surface area contributed by atoms with E-state index in [2.05, 4.69) is 84.7 Å². The lowest BCUT2D eigenvalue weighted by atomic mass is 9.98. The van der Waals surface area contributed by atoms with Crippen LogP contribution in [-0.2, 0) is 11.9 Å². The summed E-state index contributed by atoms with van der Waals surface area (Å²) in [7, 11) is 4.19. The van der Waals surface area contributed by atoms with Crippen LogP contribution in [0.1, 0.15) is 37.8 Å². The van der Waals surface area contributed by atoms with Crippen molar-refractivity contribution < 1.29 is 9.57 Å². The van der Waals surface area contributed by atoms with E-state index in [4.69, 9.17) is 9.57 Å². The third-order valence-corrected chi connectivity index (χ3v) is 9.50. The zero-order chi connectivity index (χ0) is 31.5. The molecule has 2 aromatic heterocycles. The predicted molar refractivity (Wildman–Crippen MR) is 182 cm³/mol. The van der Waals surface area contributed by atoms with Gasteiger partial charge in [-0.1, -0.05) is 30.3 Å². The molecule has 11 heteroatoms. The first-order valence-electron chi connectivity index (χ1n) is 16.6. The van der Waals surface area contributed by atoms with Crippen molar-refractivity contribution in [3.63, 3.8) is 0 Å². The summed E-state index contributed by atoms with van der Waals surface area (Å²) in [6.45, 7) is 9.89. The molecule has 1 atom stereocenters. The Morgan fingerprint density at radius 1 is 0.935 bits per heavy atom. The van der Waals surface area contributed by atoms with Gasteiger partial charge < -0.3 is 19.9 Å².